The molecule has 8 nitrogen and oxygen atoms in total. The molecule has 0 unspecified atom stereocenters. The maximum Gasteiger partial charge on any atom is 0.155 e. The Hall–Kier alpha value is -15.5. The van der Waals surface area contributed by atoms with Crippen molar-refractivity contribution < 1.29 is 11.3 Å². The van der Waals surface area contributed by atoms with Crippen LogP contribution in [0, 0.1) is 11.3 Å². The summed E-state index contributed by atoms with van der Waals surface area (Å²) in [5.41, 5.74) is 22.2. The van der Waals surface area contributed by atoms with E-state index in [0.29, 0.717) is 38.9 Å². The Balaban J connectivity index is 0.000000123. The Morgan fingerprint density at radius 2 is 0.639 bits per heavy atom. The molecule has 566 valence electrons. The summed E-state index contributed by atoms with van der Waals surface area (Å²) in [5, 5.41) is 26.9. The average molecular weight is 1570 g/mol. The van der Waals surface area contributed by atoms with E-state index in [2.05, 4.69) is 305 Å². The zero-order valence-corrected chi connectivity index (χ0v) is 66.0. The molecule has 0 radical (unpaired) electrons. The van der Waals surface area contributed by atoms with Gasteiger partial charge in [0.1, 0.15) is 11.7 Å². The van der Waals surface area contributed by atoms with E-state index < -0.39 is 18.1 Å². The maximum absolute atomic E-state index is 10.0. The second-order valence-electron chi connectivity index (χ2n) is 28.6. The summed E-state index contributed by atoms with van der Waals surface area (Å²) >= 11 is 3.71. The lowest BCUT2D eigenvalue weighted by Crippen LogP contribution is -2.10. The molecule has 3 aromatic heterocycles. The van der Waals surface area contributed by atoms with Crippen LogP contribution in [0.15, 0.2) is 453 Å². The minimum Gasteiger partial charge on any atom is -0.455 e. The van der Waals surface area contributed by atoms with Crippen molar-refractivity contribution in [2.24, 2.45) is 0 Å². The average Bonchev–Trinajstić information content (AvgIpc) is 1.51. The first-order valence-corrected chi connectivity index (χ1v) is 40.9. The molecule has 10 heteroatoms. The molecule has 21 aromatic rings. The van der Waals surface area contributed by atoms with Crippen LogP contribution in [-0.2, 0) is 0 Å². The zero-order chi connectivity index (χ0) is 84.0. The van der Waals surface area contributed by atoms with Gasteiger partial charge in [-0.15, -0.1) is 22.7 Å². The van der Waals surface area contributed by atoms with E-state index in [-0.39, 0.29) is 17.8 Å². The van der Waals surface area contributed by atoms with E-state index in [1.54, 1.807) is 17.0 Å². The highest BCUT2D eigenvalue weighted by Gasteiger charge is 2.24. The van der Waals surface area contributed by atoms with E-state index in [4.69, 9.17) is 11.3 Å². The highest BCUT2D eigenvalue weighted by atomic mass is 32.1. The molecule has 0 bridgehead atoms. The molecule has 0 saturated carbocycles. The number of fused-ring (bicyclic) bond motifs is 9. The van der Waals surface area contributed by atoms with Gasteiger partial charge in [0.15, 0.2) is 5.58 Å². The molecule has 0 spiro atoms. The SMILES string of the molecule is [2H]c1c([2H])c([2H])c(N(c2ccccc2)c2ccc(C#N)c3oc4ccc(-c5cccc(Nc6ccccc6)c5)cc4c23)c([2H])c1[2H].c1ccc(Nc2ccc(-c3ccc4c(c3)sc3ccc(N(c5ccccc5)c5ccccc5)cc34)cc2)cc1.c1ccc(Nc2ccc(-c3ccc4sc5cc(N(c6ccccc6)c6ccccc6)ccc5c4c3)cc2)cc1. The van der Waals surface area contributed by atoms with Crippen LogP contribution >= 0.6 is 22.7 Å². The van der Waals surface area contributed by atoms with E-state index >= 15 is 0 Å². The lowest BCUT2D eigenvalue weighted by atomic mass is 10.00. The lowest BCUT2D eigenvalue weighted by Gasteiger charge is -2.26. The van der Waals surface area contributed by atoms with Crippen molar-refractivity contribution in [2.45, 2.75) is 0 Å². The van der Waals surface area contributed by atoms with Gasteiger partial charge in [-0.25, -0.2) is 0 Å². The molecule has 3 N–H and O–H groups in total. The Labute approximate surface area is 706 Å². The Kier molecular flexibility index (Phi) is 19.4. The maximum atomic E-state index is 10.0. The quantitative estimate of drug-likeness (QED) is 0.0784. The Morgan fingerprint density at radius 3 is 1.16 bits per heavy atom. The minimum absolute atomic E-state index is 0.00611. The number of furan rings is 1. The summed E-state index contributed by atoms with van der Waals surface area (Å²) < 4.78 is 54.1. The number of rotatable bonds is 18. The third-order valence-electron chi connectivity index (χ3n) is 21.0. The van der Waals surface area contributed by atoms with Crippen molar-refractivity contribution in [3.05, 3.63) is 454 Å². The molecular formula is C109H77N7OS2. The third kappa shape index (κ3) is 16.0. The highest BCUT2D eigenvalue weighted by molar-refractivity contribution is 7.26. The molecule has 119 heavy (non-hydrogen) atoms. The Bertz CT molecular complexity index is 7350. The van der Waals surface area contributed by atoms with Crippen molar-refractivity contribution >= 4 is 170 Å². The number of nitriles is 1. The number of thiophene rings is 2. The van der Waals surface area contributed by atoms with Crippen LogP contribution in [0.25, 0.3) is 95.7 Å². The second kappa shape index (κ2) is 33.9. The van der Waals surface area contributed by atoms with Gasteiger partial charge in [0.2, 0.25) is 0 Å². The second-order valence-corrected chi connectivity index (χ2v) is 30.8. The lowest BCUT2D eigenvalue weighted by molar-refractivity contribution is 0.667. The van der Waals surface area contributed by atoms with Crippen LogP contribution in [0.2, 0.25) is 0 Å². The smallest absolute Gasteiger partial charge is 0.155 e. The molecule has 0 amide bonds. The number of para-hydroxylation sites is 9. The molecule has 0 saturated heterocycles. The first kappa shape index (κ1) is 67.9. The summed E-state index contributed by atoms with van der Waals surface area (Å²) in [6.45, 7) is 0. The van der Waals surface area contributed by atoms with Crippen LogP contribution in [0.3, 0.4) is 0 Å². The van der Waals surface area contributed by atoms with Crippen LogP contribution in [0.1, 0.15) is 12.4 Å². The van der Waals surface area contributed by atoms with Crippen molar-refractivity contribution in [3.8, 4) is 39.4 Å². The molecule has 0 aliphatic rings. The standard InChI is InChI=1S/C37H25N3O.2C36H26N2S/c38-25-28-19-21-34(40(31-15-6-2-7-16-31)32-17-8-3-9-18-32)36-33-24-27(20-22-35(33)41-37(28)36)26-11-10-14-30(23-26)39-29-12-4-1-5-13-29;1-4-10-28(11-5-1)37-29-19-16-26(17-20-29)27-18-23-35-34(24-27)33-22-21-32(25-36(33)39-35)38(30-12-6-2-7-13-30)31-14-8-3-9-15-31;1-4-10-28(11-5-1)37-29-19-16-26(17-20-29)27-18-22-33-34-25-32(21-23-35(34)39-36(33)24-27)38(30-12-6-2-7-13-30)31-14-8-3-9-15-31/h1-24,39H;2*1-25,37H/i2D,6D,7D,15D,16D;;. The predicted octanol–water partition coefficient (Wildman–Crippen LogP) is 32.2. The molecule has 21 rings (SSSR count). The topological polar surface area (TPSA) is 82.7 Å². The monoisotopic (exact) mass is 1570 g/mol. The molecular weight excluding hydrogens is 1490 g/mol. The van der Waals surface area contributed by atoms with Gasteiger partial charge in [-0.3, -0.25) is 0 Å². The van der Waals surface area contributed by atoms with Crippen molar-refractivity contribution in [1.29, 1.82) is 5.26 Å². The zero-order valence-electron chi connectivity index (χ0n) is 69.4. The minimum atomic E-state index is -0.473. The van der Waals surface area contributed by atoms with E-state index in [9.17, 15) is 5.26 Å². The van der Waals surface area contributed by atoms with Gasteiger partial charge >= 0.3 is 0 Å². The molecule has 3 heterocycles. The van der Waals surface area contributed by atoms with Crippen LogP contribution in [-0.4, -0.2) is 0 Å². The first-order chi connectivity index (χ1) is 61.0. The predicted molar refractivity (Wildman–Crippen MR) is 507 cm³/mol. The number of hydrogen-bond donors (Lipinski definition) is 3. The fourth-order valence-corrected chi connectivity index (χ4v) is 17.6. The fourth-order valence-electron chi connectivity index (χ4n) is 15.3. The van der Waals surface area contributed by atoms with Crippen molar-refractivity contribution in [1.82, 2.24) is 0 Å². The molecule has 0 fully saturated rings. The summed E-state index contributed by atoms with van der Waals surface area (Å²) in [6, 6.07) is 144. The number of nitrogens with one attached hydrogen (secondary N) is 3. The fraction of sp³-hybridized carbons (Fsp3) is 0. The normalized spacial score (nSPS) is 11.6. The van der Waals surface area contributed by atoms with Crippen LogP contribution in [0.5, 0.6) is 0 Å². The highest BCUT2D eigenvalue weighted by Crippen LogP contribution is 2.48. The van der Waals surface area contributed by atoms with E-state index in [1.165, 1.54) is 62.6 Å². The summed E-state index contributed by atoms with van der Waals surface area (Å²) in [4.78, 5) is 6.29. The van der Waals surface area contributed by atoms with Crippen LogP contribution < -0.4 is 30.7 Å². The van der Waals surface area contributed by atoms with Gasteiger partial charge in [-0.05, 0) is 252 Å². The number of benzene rings is 18. The first-order valence-electron chi connectivity index (χ1n) is 41.8. The van der Waals surface area contributed by atoms with Crippen molar-refractivity contribution in [3.63, 3.8) is 0 Å². The van der Waals surface area contributed by atoms with Gasteiger partial charge in [0.25, 0.3) is 0 Å². The molecule has 0 atom stereocenters. The van der Waals surface area contributed by atoms with Gasteiger partial charge in [-0.1, -0.05) is 230 Å². The number of nitrogens with zero attached hydrogens (tertiary/aromatic N) is 4. The molecule has 0 aliphatic carbocycles. The molecule has 18 aromatic carbocycles. The third-order valence-corrected chi connectivity index (χ3v) is 23.3. The summed E-state index contributed by atoms with van der Waals surface area (Å²) in [6.07, 6.45) is 0. The number of anilines is 15. The van der Waals surface area contributed by atoms with Gasteiger partial charge in [-0.2, -0.15) is 5.26 Å². The van der Waals surface area contributed by atoms with Gasteiger partial charge in [0.05, 0.1) is 23.5 Å². The van der Waals surface area contributed by atoms with Gasteiger partial charge < -0.3 is 35.1 Å². The van der Waals surface area contributed by atoms with Crippen LogP contribution in [0.4, 0.5) is 85.3 Å². The largest absolute Gasteiger partial charge is 0.455 e. The summed E-state index contributed by atoms with van der Waals surface area (Å²) in [7, 11) is 0. The molecule has 0 aliphatic heterocycles. The summed E-state index contributed by atoms with van der Waals surface area (Å²) in [5.74, 6) is 0. The van der Waals surface area contributed by atoms with E-state index in [0.717, 1.165) is 79.4 Å². The number of hydrogen-bond acceptors (Lipinski definition) is 10. The Morgan fingerprint density at radius 1 is 0.261 bits per heavy atom. The van der Waals surface area contributed by atoms with Gasteiger partial charge in [0, 0.05) is 125 Å². The van der Waals surface area contributed by atoms with Crippen molar-refractivity contribution in [2.75, 3.05) is 30.7 Å². The van der Waals surface area contributed by atoms with E-state index in [1.807, 2.05) is 156 Å².